The topological polar surface area (TPSA) is 103 Å². The third kappa shape index (κ3) is 3.71. The van der Waals surface area contributed by atoms with Crippen LogP contribution in [0.2, 0.25) is 0 Å². The van der Waals surface area contributed by atoms with Crippen LogP contribution in [0.1, 0.15) is 31.4 Å². The molecule has 30 heavy (non-hydrogen) atoms. The van der Waals surface area contributed by atoms with E-state index in [-0.39, 0.29) is 18.0 Å². The SMILES string of the molecule is CCn1nc([C@H](C)C(=O)NCc2nnc(-c3ccccc3)o2)c2ccccc2c1=O. The van der Waals surface area contributed by atoms with Crippen molar-refractivity contribution in [2.45, 2.75) is 32.9 Å². The van der Waals surface area contributed by atoms with Crippen molar-refractivity contribution in [3.63, 3.8) is 0 Å². The van der Waals surface area contributed by atoms with Crippen LogP contribution < -0.4 is 10.9 Å². The highest BCUT2D eigenvalue weighted by molar-refractivity contribution is 5.91. The molecule has 0 spiro atoms. The van der Waals surface area contributed by atoms with Crippen LogP contribution in [0.25, 0.3) is 22.2 Å². The van der Waals surface area contributed by atoms with Gasteiger partial charge in [0.25, 0.3) is 5.56 Å². The standard InChI is InChI=1S/C22H21N5O3/c1-3-27-22(29)17-12-8-7-11-16(17)19(26-27)14(2)20(28)23-13-18-24-25-21(30-18)15-9-5-4-6-10-15/h4-12,14H,3,13H2,1-2H3,(H,23,28)/t14-/m0/s1. The molecule has 4 rings (SSSR count). The van der Waals surface area contributed by atoms with E-state index in [0.717, 1.165) is 5.56 Å². The van der Waals surface area contributed by atoms with E-state index in [9.17, 15) is 9.59 Å². The fourth-order valence-corrected chi connectivity index (χ4v) is 3.26. The predicted molar refractivity (Wildman–Crippen MR) is 112 cm³/mol. The van der Waals surface area contributed by atoms with Gasteiger partial charge in [-0.15, -0.1) is 10.2 Å². The molecule has 8 heteroatoms. The Balaban J connectivity index is 1.53. The Morgan fingerprint density at radius 2 is 1.77 bits per heavy atom. The molecule has 0 saturated heterocycles. The van der Waals surface area contributed by atoms with Crippen LogP contribution in [0.4, 0.5) is 0 Å². The van der Waals surface area contributed by atoms with E-state index in [1.807, 2.05) is 49.4 Å². The number of carbonyl (C=O) groups excluding carboxylic acids is 1. The monoisotopic (exact) mass is 403 g/mol. The fourth-order valence-electron chi connectivity index (χ4n) is 3.26. The number of fused-ring (bicyclic) bond motifs is 1. The van der Waals surface area contributed by atoms with Gasteiger partial charge in [0.1, 0.15) is 0 Å². The molecule has 1 N–H and O–H groups in total. The predicted octanol–water partition coefficient (Wildman–Crippen LogP) is 2.89. The molecule has 0 fully saturated rings. The first-order chi connectivity index (χ1) is 14.6. The summed E-state index contributed by atoms with van der Waals surface area (Å²) in [7, 11) is 0. The summed E-state index contributed by atoms with van der Waals surface area (Å²) in [6, 6.07) is 16.6. The van der Waals surface area contributed by atoms with Crippen LogP contribution in [-0.4, -0.2) is 25.9 Å². The van der Waals surface area contributed by atoms with E-state index in [4.69, 9.17) is 4.42 Å². The van der Waals surface area contributed by atoms with Crippen molar-refractivity contribution < 1.29 is 9.21 Å². The van der Waals surface area contributed by atoms with E-state index < -0.39 is 5.92 Å². The van der Waals surface area contributed by atoms with Crippen LogP contribution in [-0.2, 0) is 17.9 Å². The summed E-state index contributed by atoms with van der Waals surface area (Å²) in [4.78, 5) is 25.3. The van der Waals surface area contributed by atoms with Gasteiger partial charge in [-0.25, -0.2) is 4.68 Å². The molecule has 2 heterocycles. The fraction of sp³-hybridized carbons (Fsp3) is 0.227. The second-order valence-electron chi connectivity index (χ2n) is 6.86. The van der Waals surface area contributed by atoms with Gasteiger partial charge in [-0.3, -0.25) is 9.59 Å². The van der Waals surface area contributed by atoms with Gasteiger partial charge >= 0.3 is 0 Å². The van der Waals surface area contributed by atoms with Gasteiger partial charge in [0.15, 0.2) is 0 Å². The molecular weight excluding hydrogens is 382 g/mol. The quantitative estimate of drug-likeness (QED) is 0.531. The first-order valence-corrected chi connectivity index (χ1v) is 9.73. The van der Waals surface area contributed by atoms with Crippen molar-refractivity contribution in [1.82, 2.24) is 25.3 Å². The van der Waals surface area contributed by atoms with Crippen molar-refractivity contribution in [3.05, 3.63) is 76.5 Å². The van der Waals surface area contributed by atoms with Crippen LogP contribution in [0.3, 0.4) is 0 Å². The molecule has 0 saturated carbocycles. The number of amides is 1. The van der Waals surface area contributed by atoms with Crippen molar-refractivity contribution in [1.29, 1.82) is 0 Å². The molecule has 0 radical (unpaired) electrons. The van der Waals surface area contributed by atoms with E-state index in [1.165, 1.54) is 4.68 Å². The number of hydrogen-bond donors (Lipinski definition) is 1. The zero-order valence-electron chi connectivity index (χ0n) is 16.7. The minimum Gasteiger partial charge on any atom is -0.419 e. The first-order valence-electron chi connectivity index (χ1n) is 9.73. The summed E-state index contributed by atoms with van der Waals surface area (Å²) < 4.78 is 7.01. The number of nitrogens with zero attached hydrogens (tertiary/aromatic N) is 4. The van der Waals surface area contributed by atoms with Crippen LogP contribution in [0, 0.1) is 0 Å². The van der Waals surface area contributed by atoms with Gasteiger partial charge in [0.2, 0.25) is 17.7 Å². The molecule has 2 aromatic heterocycles. The lowest BCUT2D eigenvalue weighted by atomic mass is 10.0. The molecule has 0 unspecified atom stereocenters. The lowest BCUT2D eigenvalue weighted by Crippen LogP contribution is -2.31. The molecule has 1 amide bonds. The van der Waals surface area contributed by atoms with E-state index >= 15 is 0 Å². The highest BCUT2D eigenvalue weighted by Gasteiger charge is 2.22. The number of benzene rings is 2. The normalized spacial score (nSPS) is 12.1. The summed E-state index contributed by atoms with van der Waals surface area (Å²) in [5.41, 5.74) is 1.21. The summed E-state index contributed by atoms with van der Waals surface area (Å²) in [5.74, 6) is -0.0976. The molecule has 152 valence electrons. The molecule has 2 aromatic carbocycles. The highest BCUT2D eigenvalue weighted by atomic mass is 16.4. The van der Waals surface area contributed by atoms with Crippen molar-refractivity contribution >= 4 is 16.7 Å². The molecule has 4 aromatic rings. The van der Waals surface area contributed by atoms with Crippen LogP contribution in [0.5, 0.6) is 0 Å². The van der Waals surface area contributed by atoms with Crippen LogP contribution in [0.15, 0.2) is 63.8 Å². The van der Waals surface area contributed by atoms with Gasteiger partial charge in [-0.05, 0) is 32.0 Å². The van der Waals surface area contributed by atoms with E-state index in [2.05, 4.69) is 20.6 Å². The lowest BCUT2D eigenvalue weighted by molar-refractivity contribution is -0.122. The maximum Gasteiger partial charge on any atom is 0.274 e. The summed E-state index contributed by atoms with van der Waals surface area (Å²) >= 11 is 0. The molecule has 8 nitrogen and oxygen atoms in total. The van der Waals surface area contributed by atoms with Gasteiger partial charge < -0.3 is 9.73 Å². The average Bonchev–Trinajstić information content (AvgIpc) is 3.27. The molecule has 0 aliphatic heterocycles. The summed E-state index contributed by atoms with van der Waals surface area (Å²) in [5, 5.41) is 16.5. The van der Waals surface area contributed by atoms with Gasteiger partial charge in [0, 0.05) is 17.5 Å². The maximum absolute atomic E-state index is 12.8. The molecule has 0 bridgehead atoms. The average molecular weight is 403 g/mol. The smallest absolute Gasteiger partial charge is 0.274 e. The Labute approximate surface area is 172 Å². The number of nitrogens with one attached hydrogen (secondary N) is 1. The Kier molecular flexibility index (Phi) is 5.38. The summed E-state index contributed by atoms with van der Waals surface area (Å²) in [6.07, 6.45) is 0. The zero-order valence-corrected chi connectivity index (χ0v) is 16.7. The van der Waals surface area contributed by atoms with Gasteiger partial charge in [-0.1, -0.05) is 36.4 Å². The minimum atomic E-state index is -0.565. The number of aryl methyl sites for hydroxylation is 1. The Bertz CT molecular complexity index is 1250. The summed E-state index contributed by atoms with van der Waals surface area (Å²) in [6.45, 7) is 4.14. The Hall–Kier alpha value is -3.81. The second kappa shape index (κ2) is 8.28. The van der Waals surface area contributed by atoms with Crippen molar-refractivity contribution in [3.8, 4) is 11.5 Å². The number of carbonyl (C=O) groups is 1. The Morgan fingerprint density at radius 1 is 1.07 bits per heavy atom. The van der Waals surface area contributed by atoms with Crippen LogP contribution >= 0.6 is 0 Å². The number of aromatic nitrogens is 4. The van der Waals surface area contributed by atoms with E-state index in [1.54, 1.807) is 19.1 Å². The van der Waals surface area contributed by atoms with Gasteiger partial charge in [-0.2, -0.15) is 5.10 Å². The highest BCUT2D eigenvalue weighted by Crippen LogP contribution is 2.22. The first kappa shape index (κ1) is 19.5. The van der Waals surface area contributed by atoms with Crippen molar-refractivity contribution in [2.24, 2.45) is 0 Å². The minimum absolute atomic E-state index is 0.106. The molecule has 1 atom stereocenters. The number of rotatable bonds is 6. The maximum atomic E-state index is 12.8. The van der Waals surface area contributed by atoms with Crippen molar-refractivity contribution in [2.75, 3.05) is 0 Å². The largest absolute Gasteiger partial charge is 0.419 e. The molecule has 0 aliphatic carbocycles. The third-order valence-corrected chi connectivity index (χ3v) is 4.90. The lowest BCUT2D eigenvalue weighted by Gasteiger charge is -2.15. The van der Waals surface area contributed by atoms with E-state index in [0.29, 0.717) is 34.8 Å². The third-order valence-electron chi connectivity index (χ3n) is 4.90. The molecule has 0 aliphatic rings. The Morgan fingerprint density at radius 3 is 2.50 bits per heavy atom. The number of hydrogen-bond acceptors (Lipinski definition) is 6. The zero-order chi connectivity index (χ0) is 21.1. The molecular formula is C22H21N5O3. The van der Waals surface area contributed by atoms with Gasteiger partial charge in [0.05, 0.1) is 23.5 Å². The second-order valence-corrected chi connectivity index (χ2v) is 6.86.